The van der Waals surface area contributed by atoms with Crippen molar-refractivity contribution in [2.24, 2.45) is 11.1 Å². The number of imidazole rings is 1. The number of nitrogens with two attached hydrogens (primary N) is 1. The second-order valence-corrected chi connectivity index (χ2v) is 15.5. The number of nitrogens with one attached hydrogen (secondary N) is 2. The van der Waals surface area contributed by atoms with Crippen LogP contribution in [-0.4, -0.2) is 110 Å². The van der Waals surface area contributed by atoms with Crippen LogP contribution in [-0.2, 0) is 35.3 Å². The quantitative estimate of drug-likeness (QED) is 0.0656. The summed E-state index contributed by atoms with van der Waals surface area (Å²) in [7, 11) is 0. The predicted molar refractivity (Wildman–Crippen MR) is 215 cm³/mol. The predicted octanol–water partition coefficient (Wildman–Crippen LogP) is 4.24. The van der Waals surface area contributed by atoms with Gasteiger partial charge in [-0.3, -0.25) is 28.9 Å². The van der Waals surface area contributed by atoms with Crippen molar-refractivity contribution in [2.45, 2.75) is 90.6 Å². The summed E-state index contributed by atoms with van der Waals surface area (Å²) in [6.07, 6.45) is 1.72. The van der Waals surface area contributed by atoms with Crippen LogP contribution in [0.25, 0.3) is 11.3 Å². The van der Waals surface area contributed by atoms with E-state index in [-0.39, 0.29) is 24.2 Å². The molecule has 1 aliphatic heterocycles. The third kappa shape index (κ3) is 14.6. The molecule has 0 bridgehead atoms. The highest BCUT2D eigenvalue weighted by Gasteiger charge is 2.39. The maximum Gasteiger partial charge on any atom is 0.490 e. The molecule has 1 aliphatic rings. The molecule has 0 saturated heterocycles. The van der Waals surface area contributed by atoms with E-state index < -0.39 is 83.5 Å². The van der Waals surface area contributed by atoms with Crippen molar-refractivity contribution in [1.29, 1.82) is 0 Å². The summed E-state index contributed by atoms with van der Waals surface area (Å²) in [6, 6.07) is 9.94. The van der Waals surface area contributed by atoms with E-state index in [9.17, 15) is 51.0 Å². The number of aromatic nitrogens is 2. The molecule has 6 N–H and O–H groups in total. The molecule has 1 aromatic heterocycles. The number of alkyl halides is 3. The average Bonchev–Trinajstić information content (AvgIpc) is 3.77. The first-order valence-corrected chi connectivity index (χ1v) is 19.7. The molecule has 2 aromatic carbocycles. The lowest BCUT2D eigenvalue weighted by atomic mass is 9.84. The molecule has 4 rings (SSSR count). The number of carboxylic acids is 1. The minimum absolute atomic E-state index is 0.00129. The van der Waals surface area contributed by atoms with E-state index in [1.807, 2.05) is 51.1 Å². The lowest BCUT2D eigenvalue weighted by Crippen LogP contribution is -2.48. The number of carboxylic acid groups (broad SMARTS) is 1. The van der Waals surface area contributed by atoms with Crippen molar-refractivity contribution < 1.29 is 60.9 Å². The number of benzene rings is 2. The number of carbonyl (C=O) groups excluding carboxylic acids is 5. The van der Waals surface area contributed by atoms with Crippen molar-refractivity contribution in [1.82, 2.24) is 30.0 Å². The summed E-state index contributed by atoms with van der Waals surface area (Å²) >= 11 is 0. The standard InChI is InChI=1S/C40H51F2N7O6.C2HF3O2/c1-26(49-33(51)16-17-34(49)52)38(54)44-19-10-5-6-11-20-45-39(55)31(43)18-21-48(35(53)25-50)36(40(2,3)4)37-46-32(29-22-28(41)14-15-30(29)42)24-47(37)23-27-12-8-7-9-13-27;3-2(4,5)1(6)7/h7-9,12-17,22,24,26,31,36,50H,5-6,10-11,18-21,23,25,43H2,1-4H3,(H,44,54)(H,45,55);(H,6,7). The first-order valence-electron chi connectivity index (χ1n) is 19.7. The van der Waals surface area contributed by atoms with Gasteiger partial charge in [0.1, 0.15) is 30.1 Å². The summed E-state index contributed by atoms with van der Waals surface area (Å²) in [4.78, 5) is 78.3. The largest absolute Gasteiger partial charge is 0.490 e. The molecular formula is C42H52F5N7O8. The number of nitrogens with zero attached hydrogens (tertiary/aromatic N) is 4. The van der Waals surface area contributed by atoms with E-state index in [0.717, 1.165) is 53.7 Å². The zero-order valence-corrected chi connectivity index (χ0v) is 34.8. The van der Waals surface area contributed by atoms with Gasteiger partial charge in [0.15, 0.2) is 0 Å². The smallest absolute Gasteiger partial charge is 0.475 e. The molecule has 5 amide bonds. The first kappa shape index (κ1) is 50.3. The highest BCUT2D eigenvalue weighted by molar-refractivity contribution is 6.15. The topological polar surface area (TPSA) is 217 Å². The molecule has 0 spiro atoms. The fraction of sp³-hybridized carbons (Fsp3) is 0.452. The van der Waals surface area contributed by atoms with Crippen LogP contribution in [0.15, 0.2) is 66.9 Å². The summed E-state index contributed by atoms with van der Waals surface area (Å²) in [5, 5.41) is 22.8. The second kappa shape index (κ2) is 22.7. The van der Waals surface area contributed by atoms with Crippen LogP contribution in [0.1, 0.15) is 77.2 Å². The summed E-state index contributed by atoms with van der Waals surface area (Å²) in [6.45, 7) is 7.43. The third-order valence-corrected chi connectivity index (χ3v) is 9.61. The zero-order valence-electron chi connectivity index (χ0n) is 34.8. The van der Waals surface area contributed by atoms with Crippen LogP contribution in [0, 0.1) is 17.0 Å². The fourth-order valence-electron chi connectivity index (χ4n) is 6.49. The molecule has 0 aliphatic carbocycles. The molecule has 62 heavy (non-hydrogen) atoms. The molecule has 20 heteroatoms. The van der Waals surface area contributed by atoms with Crippen LogP contribution in [0.3, 0.4) is 0 Å². The molecule has 15 nitrogen and oxygen atoms in total. The van der Waals surface area contributed by atoms with Gasteiger partial charge in [0.05, 0.1) is 17.8 Å². The Morgan fingerprint density at radius 3 is 1.98 bits per heavy atom. The molecule has 3 unspecified atom stereocenters. The monoisotopic (exact) mass is 877 g/mol. The highest BCUT2D eigenvalue weighted by Crippen LogP contribution is 2.39. The minimum atomic E-state index is -5.08. The van der Waals surface area contributed by atoms with Crippen molar-refractivity contribution in [3.63, 3.8) is 0 Å². The van der Waals surface area contributed by atoms with Crippen molar-refractivity contribution in [2.75, 3.05) is 26.2 Å². The average molecular weight is 878 g/mol. The zero-order chi connectivity index (χ0) is 46.4. The molecule has 3 atom stereocenters. The third-order valence-electron chi connectivity index (χ3n) is 9.61. The number of hydrogen-bond donors (Lipinski definition) is 5. The van der Waals surface area contributed by atoms with E-state index in [2.05, 4.69) is 10.6 Å². The Kier molecular flexibility index (Phi) is 18.4. The van der Waals surface area contributed by atoms with Gasteiger partial charge in [-0.15, -0.1) is 0 Å². The highest BCUT2D eigenvalue weighted by atomic mass is 19.4. The SMILES string of the molecule is CC(C(=O)NCCCCCCNC(=O)C(N)CCN(C(=O)CO)C(c1nc(-c2cc(F)ccc2F)cn1Cc1ccccc1)C(C)(C)C)N1C(=O)C=CC1=O.O=C(O)C(F)(F)F. The van der Waals surface area contributed by atoms with Gasteiger partial charge >= 0.3 is 12.1 Å². The van der Waals surface area contributed by atoms with E-state index in [0.29, 0.717) is 38.3 Å². The number of aliphatic carboxylic acids is 1. The number of amides is 5. The van der Waals surface area contributed by atoms with E-state index in [1.54, 1.807) is 10.8 Å². The number of unbranched alkanes of at least 4 members (excludes halogenated alkanes) is 3. The number of aliphatic hydroxyl groups is 1. The summed E-state index contributed by atoms with van der Waals surface area (Å²) < 4.78 is 62.8. The molecule has 0 radical (unpaired) electrons. The Morgan fingerprint density at radius 1 is 0.887 bits per heavy atom. The molecule has 0 saturated carbocycles. The van der Waals surface area contributed by atoms with Crippen molar-refractivity contribution in [3.8, 4) is 11.3 Å². The summed E-state index contributed by atoms with van der Waals surface area (Å²) in [5.41, 5.74) is 6.66. The second-order valence-electron chi connectivity index (χ2n) is 15.5. The van der Waals surface area contributed by atoms with Crippen LogP contribution >= 0.6 is 0 Å². The normalized spacial score (nSPS) is 14.1. The van der Waals surface area contributed by atoms with Crippen molar-refractivity contribution >= 4 is 35.5 Å². The molecule has 0 fully saturated rings. The van der Waals surface area contributed by atoms with E-state index in [4.69, 9.17) is 20.6 Å². The molecule has 338 valence electrons. The van der Waals surface area contributed by atoms with Gasteiger partial charge in [0.2, 0.25) is 17.7 Å². The van der Waals surface area contributed by atoms with Gasteiger partial charge in [-0.05, 0) is 55.4 Å². The Bertz CT molecular complexity index is 2050. The van der Waals surface area contributed by atoms with Gasteiger partial charge in [0.25, 0.3) is 11.8 Å². The molecular weight excluding hydrogens is 825 g/mol. The number of halogens is 5. The Balaban J connectivity index is 0.00000134. The number of aliphatic hydroxyl groups excluding tert-OH is 1. The van der Waals surface area contributed by atoms with Gasteiger partial charge in [-0.25, -0.2) is 18.6 Å². The maximum atomic E-state index is 15.0. The van der Waals surface area contributed by atoms with E-state index in [1.165, 1.54) is 11.8 Å². The van der Waals surface area contributed by atoms with Crippen LogP contribution in [0.4, 0.5) is 22.0 Å². The number of imide groups is 1. The first-order chi connectivity index (χ1) is 29.1. The van der Waals surface area contributed by atoms with Crippen LogP contribution in [0.2, 0.25) is 0 Å². The Hall–Kier alpha value is -6.02. The number of carbonyl (C=O) groups is 6. The van der Waals surface area contributed by atoms with Gasteiger partial charge < -0.3 is 36.0 Å². The minimum Gasteiger partial charge on any atom is -0.475 e. The van der Waals surface area contributed by atoms with Gasteiger partial charge in [-0.1, -0.05) is 63.9 Å². The number of hydrogen-bond acceptors (Lipinski definition) is 9. The van der Waals surface area contributed by atoms with Gasteiger partial charge in [-0.2, -0.15) is 13.2 Å². The van der Waals surface area contributed by atoms with Crippen LogP contribution in [0.5, 0.6) is 0 Å². The molecule has 2 heterocycles. The molecule has 3 aromatic rings. The Morgan fingerprint density at radius 2 is 1.45 bits per heavy atom. The van der Waals surface area contributed by atoms with Gasteiger partial charge in [0, 0.05) is 50.1 Å². The fourth-order valence-corrected chi connectivity index (χ4v) is 6.49. The van der Waals surface area contributed by atoms with Crippen molar-refractivity contribution in [3.05, 3.63) is 89.9 Å². The number of rotatable bonds is 19. The van der Waals surface area contributed by atoms with E-state index >= 15 is 0 Å². The lowest BCUT2D eigenvalue weighted by Gasteiger charge is -2.40. The Labute approximate surface area is 355 Å². The summed E-state index contributed by atoms with van der Waals surface area (Å²) in [5.74, 6) is -6.12. The maximum absolute atomic E-state index is 15.0. The lowest BCUT2D eigenvalue weighted by molar-refractivity contribution is -0.192. The van der Waals surface area contributed by atoms with Crippen LogP contribution < -0.4 is 16.4 Å².